The first-order chi connectivity index (χ1) is 19.5. The number of nitro groups is 1. The second-order valence-electron chi connectivity index (χ2n) is 10.2. The molecular weight excluding hydrogens is 506 g/mol. The van der Waals surface area contributed by atoms with Crippen LogP contribution in [0.1, 0.15) is 45.2 Å². The smallest absolute Gasteiger partial charge is 0.269 e. The van der Waals surface area contributed by atoms with Gasteiger partial charge >= 0.3 is 0 Å². The van der Waals surface area contributed by atoms with Gasteiger partial charge in [0, 0.05) is 29.5 Å². The van der Waals surface area contributed by atoms with Crippen LogP contribution in [0, 0.1) is 22.0 Å². The van der Waals surface area contributed by atoms with Gasteiger partial charge in [-0.3, -0.25) is 19.7 Å². The van der Waals surface area contributed by atoms with Crippen LogP contribution >= 0.6 is 0 Å². The van der Waals surface area contributed by atoms with Crippen molar-refractivity contribution in [3.63, 3.8) is 0 Å². The van der Waals surface area contributed by atoms with Crippen molar-refractivity contribution in [3.8, 4) is 5.75 Å². The summed E-state index contributed by atoms with van der Waals surface area (Å²) in [6, 6.07) is 29.6. The Morgan fingerprint density at radius 2 is 1.25 bits per heavy atom. The lowest BCUT2D eigenvalue weighted by molar-refractivity contribution is -0.384. The second-order valence-corrected chi connectivity index (χ2v) is 10.2. The minimum atomic E-state index is -0.493. The van der Waals surface area contributed by atoms with E-state index in [2.05, 4.69) is 29.4 Å². The quantitative estimate of drug-likeness (QED) is 0.144. The number of carbonyl (C=O) groups excluding carboxylic acids is 2. The summed E-state index contributed by atoms with van der Waals surface area (Å²) in [4.78, 5) is 38.0. The molecule has 8 nitrogen and oxygen atoms in total. The molecule has 1 fully saturated rings. The zero-order valence-corrected chi connectivity index (χ0v) is 21.2. The van der Waals surface area contributed by atoms with Crippen LogP contribution in [0.5, 0.6) is 5.75 Å². The Bertz CT molecular complexity index is 1600. The van der Waals surface area contributed by atoms with Crippen LogP contribution in [0.25, 0.3) is 0 Å². The minimum absolute atomic E-state index is 0.0106. The minimum Gasteiger partial charge on any atom is -0.488 e. The van der Waals surface area contributed by atoms with Gasteiger partial charge in [0.05, 0.1) is 23.0 Å². The maximum atomic E-state index is 13.8. The predicted molar refractivity (Wildman–Crippen MR) is 147 cm³/mol. The van der Waals surface area contributed by atoms with E-state index in [1.165, 1.54) is 18.3 Å². The van der Waals surface area contributed by atoms with Crippen molar-refractivity contribution in [2.45, 2.75) is 18.4 Å². The molecule has 40 heavy (non-hydrogen) atoms. The van der Waals surface area contributed by atoms with E-state index in [1.807, 2.05) is 36.4 Å². The molecule has 4 aromatic carbocycles. The van der Waals surface area contributed by atoms with Gasteiger partial charge in [0.1, 0.15) is 12.4 Å². The van der Waals surface area contributed by atoms with Crippen LogP contribution in [0.15, 0.2) is 102 Å². The number of amides is 2. The van der Waals surface area contributed by atoms with Gasteiger partial charge in [-0.1, -0.05) is 60.7 Å². The Labute approximate surface area is 229 Å². The Morgan fingerprint density at radius 3 is 1.77 bits per heavy atom. The molecule has 4 aromatic rings. The number of para-hydroxylation sites is 1. The van der Waals surface area contributed by atoms with Crippen LogP contribution in [0.4, 0.5) is 5.69 Å². The number of hydrazone groups is 1. The van der Waals surface area contributed by atoms with Crippen LogP contribution < -0.4 is 4.74 Å². The summed E-state index contributed by atoms with van der Waals surface area (Å²) < 4.78 is 5.97. The van der Waals surface area contributed by atoms with E-state index >= 15 is 0 Å². The van der Waals surface area contributed by atoms with Gasteiger partial charge in [0.15, 0.2) is 0 Å². The molecule has 0 saturated carbocycles. The Kier molecular flexibility index (Phi) is 5.55. The number of ether oxygens (including phenoxy) is 1. The number of rotatable bonds is 6. The molecular formula is C32H23N3O5. The van der Waals surface area contributed by atoms with Gasteiger partial charge in [-0.05, 0) is 52.1 Å². The Hall–Kier alpha value is -5.11. The van der Waals surface area contributed by atoms with E-state index in [0.717, 1.165) is 32.8 Å². The standard InChI is InChI=1S/C32H23N3O5/c36-31-29-27-22-8-2-3-9-23(22)28(25-11-5-4-10-24(25)27)30(29)32(37)34(31)33-17-20-7-1-6-12-26(20)40-18-19-13-15-21(16-14-19)35(38)39/h1-17,27-30H,18H2/b33-17-/t27?,28?,29-,30-/m1/s1. The van der Waals surface area contributed by atoms with E-state index in [4.69, 9.17) is 4.74 Å². The third kappa shape index (κ3) is 3.64. The van der Waals surface area contributed by atoms with Crippen LogP contribution in [-0.2, 0) is 16.2 Å². The van der Waals surface area contributed by atoms with Gasteiger partial charge in [-0.25, -0.2) is 0 Å². The lowest BCUT2D eigenvalue weighted by atomic mass is 9.55. The molecule has 3 aliphatic carbocycles. The molecule has 2 atom stereocenters. The first-order valence-electron chi connectivity index (χ1n) is 13.1. The highest BCUT2D eigenvalue weighted by Gasteiger charge is 2.61. The van der Waals surface area contributed by atoms with Gasteiger partial charge < -0.3 is 4.74 Å². The molecule has 1 heterocycles. The Morgan fingerprint density at radius 1 is 0.750 bits per heavy atom. The fourth-order valence-electron chi connectivity index (χ4n) is 6.49. The van der Waals surface area contributed by atoms with Gasteiger partial charge in [-0.15, -0.1) is 0 Å². The number of nitrogens with zero attached hydrogens (tertiary/aromatic N) is 3. The van der Waals surface area contributed by atoms with Crippen LogP contribution in [0.2, 0.25) is 0 Å². The van der Waals surface area contributed by atoms with Crippen molar-refractivity contribution >= 4 is 23.7 Å². The van der Waals surface area contributed by atoms with E-state index in [9.17, 15) is 19.7 Å². The molecule has 1 aliphatic heterocycles. The highest BCUT2D eigenvalue weighted by molar-refractivity contribution is 6.08. The molecule has 196 valence electrons. The van der Waals surface area contributed by atoms with Crippen molar-refractivity contribution in [1.29, 1.82) is 0 Å². The highest BCUT2D eigenvalue weighted by Crippen LogP contribution is 2.60. The van der Waals surface area contributed by atoms with Crippen molar-refractivity contribution in [2.24, 2.45) is 16.9 Å². The first kappa shape index (κ1) is 24.0. The van der Waals surface area contributed by atoms with Crippen LogP contribution in [-0.4, -0.2) is 28.0 Å². The average molecular weight is 530 g/mol. The summed E-state index contributed by atoms with van der Waals surface area (Å²) >= 11 is 0. The number of carbonyl (C=O) groups is 2. The molecule has 1 saturated heterocycles. The Balaban J connectivity index is 1.16. The summed E-state index contributed by atoms with van der Waals surface area (Å²) in [5.74, 6) is -1.40. The molecule has 0 unspecified atom stereocenters. The molecule has 8 heteroatoms. The third-order valence-electron chi connectivity index (χ3n) is 8.20. The number of imide groups is 1. The number of non-ortho nitro benzene ring substituents is 1. The molecule has 2 amide bonds. The summed E-state index contributed by atoms with van der Waals surface area (Å²) in [5.41, 5.74) is 5.84. The molecule has 0 spiro atoms. The normalized spacial score (nSPS) is 22.2. The number of hydrogen-bond donors (Lipinski definition) is 0. The molecule has 8 rings (SSSR count). The van der Waals surface area contributed by atoms with Crippen LogP contribution in [0.3, 0.4) is 0 Å². The fourth-order valence-corrected chi connectivity index (χ4v) is 6.49. The highest BCUT2D eigenvalue weighted by atomic mass is 16.6. The second kappa shape index (κ2) is 9.27. The van der Waals surface area contributed by atoms with Crippen molar-refractivity contribution in [3.05, 3.63) is 141 Å². The summed E-state index contributed by atoms with van der Waals surface area (Å²) in [6.45, 7) is 0.189. The molecule has 4 aliphatic rings. The van der Waals surface area contributed by atoms with Gasteiger partial charge in [0.2, 0.25) is 0 Å². The zero-order chi connectivity index (χ0) is 27.4. The van der Waals surface area contributed by atoms with E-state index in [1.54, 1.807) is 24.3 Å². The zero-order valence-electron chi connectivity index (χ0n) is 21.2. The SMILES string of the molecule is O=C1[C@@H]2C3c4ccccc4C(c4ccccc43)[C@H]2C(=O)N1/N=C\c1ccccc1OCc1ccc([N+](=O)[O-])cc1. The fraction of sp³-hybridized carbons (Fsp3) is 0.156. The van der Waals surface area contributed by atoms with E-state index < -0.39 is 16.8 Å². The summed E-state index contributed by atoms with van der Waals surface area (Å²) in [7, 11) is 0. The van der Waals surface area contributed by atoms with Gasteiger partial charge in [-0.2, -0.15) is 10.1 Å². The van der Waals surface area contributed by atoms with Crippen molar-refractivity contribution in [1.82, 2.24) is 5.01 Å². The third-order valence-corrected chi connectivity index (χ3v) is 8.20. The predicted octanol–water partition coefficient (Wildman–Crippen LogP) is 5.40. The largest absolute Gasteiger partial charge is 0.488 e. The monoisotopic (exact) mass is 529 g/mol. The van der Waals surface area contributed by atoms with E-state index in [-0.39, 0.29) is 35.9 Å². The lowest BCUT2D eigenvalue weighted by Crippen LogP contribution is -2.41. The number of benzene rings is 4. The molecule has 0 N–H and O–H groups in total. The summed E-state index contributed by atoms with van der Waals surface area (Å²) in [6.07, 6.45) is 1.49. The first-order valence-corrected chi connectivity index (χ1v) is 13.1. The molecule has 2 bridgehead atoms. The molecule has 0 aromatic heterocycles. The van der Waals surface area contributed by atoms with Crippen molar-refractivity contribution < 1.29 is 19.2 Å². The topological polar surface area (TPSA) is 102 Å². The molecule has 0 radical (unpaired) electrons. The average Bonchev–Trinajstić information content (AvgIpc) is 3.25. The van der Waals surface area contributed by atoms with Gasteiger partial charge in [0.25, 0.3) is 17.5 Å². The maximum absolute atomic E-state index is 13.8. The number of nitro benzene ring substituents is 1. The van der Waals surface area contributed by atoms with Crippen molar-refractivity contribution in [2.75, 3.05) is 0 Å². The summed E-state index contributed by atoms with van der Waals surface area (Å²) in [5, 5.41) is 16.4. The number of hydrogen-bond acceptors (Lipinski definition) is 6. The van der Waals surface area contributed by atoms with E-state index in [0.29, 0.717) is 11.3 Å². The maximum Gasteiger partial charge on any atom is 0.269 e. The lowest BCUT2D eigenvalue weighted by Gasteiger charge is -2.45.